The third-order valence-corrected chi connectivity index (χ3v) is 5.03. The number of nitro benzene ring substituents is 1. The summed E-state index contributed by atoms with van der Waals surface area (Å²) in [6, 6.07) is 6.68. The minimum absolute atomic E-state index is 0.0540. The van der Waals surface area contributed by atoms with Crippen LogP contribution in [-0.2, 0) is 6.42 Å². The van der Waals surface area contributed by atoms with E-state index in [1.165, 1.54) is 10.9 Å². The lowest BCUT2D eigenvalue weighted by molar-refractivity contribution is -0.385. The zero-order chi connectivity index (χ0) is 15.7. The molecule has 1 amide bonds. The maximum Gasteiger partial charge on any atom is 0.282 e. The molecule has 1 atom stereocenters. The van der Waals surface area contributed by atoms with E-state index >= 15 is 0 Å². The van der Waals surface area contributed by atoms with Gasteiger partial charge in [0.1, 0.15) is 5.56 Å². The minimum Gasteiger partial charge on any atom is -0.345 e. The summed E-state index contributed by atoms with van der Waals surface area (Å²) in [7, 11) is 0. The Kier molecular flexibility index (Phi) is 3.94. The quantitative estimate of drug-likeness (QED) is 0.692. The van der Waals surface area contributed by atoms with E-state index in [4.69, 9.17) is 0 Å². The summed E-state index contributed by atoms with van der Waals surface area (Å²) in [5, 5.41) is 16.2. The number of nitro groups is 1. The van der Waals surface area contributed by atoms with Gasteiger partial charge in [0.2, 0.25) is 0 Å². The molecule has 0 saturated carbocycles. The fraction of sp³-hybridized carbons (Fsp3) is 0.312. The molecule has 0 saturated heterocycles. The highest BCUT2D eigenvalue weighted by Gasteiger charge is 2.27. The molecule has 114 valence electrons. The van der Waals surface area contributed by atoms with Gasteiger partial charge in [0, 0.05) is 10.9 Å². The second kappa shape index (κ2) is 5.88. The molecule has 5 nitrogen and oxygen atoms in total. The van der Waals surface area contributed by atoms with Gasteiger partial charge in [0.25, 0.3) is 11.6 Å². The molecule has 22 heavy (non-hydrogen) atoms. The third kappa shape index (κ3) is 2.62. The fourth-order valence-corrected chi connectivity index (χ4v) is 3.95. The molecule has 0 spiro atoms. The van der Waals surface area contributed by atoms with E-state index in [1.807, 2.05) is 11.4 Å². The lowest BCUT2D eigenvalue weighted by atomic mass is 9.93. The molecule has 1 heterocycles. The molecule has 3 rings (SSSR count). The van der Waals surface area contributed by atoms with Crippen LogP contribution in [0.15, 0.2) is 29.6 Å². The van der Waals surface area contributed by atoms with Gasteiger partial charge in [-0.05, 0) is 48.8 Å². The predicted molar refractivity (Wildman–Crippen MR) is 85.3 cm³/mol. The number of aryl methyl sites for hydroxylation is 2. The Bertz CT molecular complexity index is 739. The van der Waals surface area contributed by atoms with E-state index in [-0.39, 0.29) is 23.2 Å². The van der Waals surface area contributed by atoms with Gasteiger partial charge in [-0.3, -0.25) is 14.9 Å². The summed E-state index contributed by atoms with van der Waals surface area (Å²) < 4.78 is 0. The first-order valence-electron chi connectivity index (χ1n) is 7.19. The zero-order valence-electron chi connectivity index (χ0n) is 12.2. The first kappa shape index (κ1) is 14.7. The van der Waals surface area contributed by atoms with Crippen molar-refractivity contribution >= 4 is 22.9 Å². The normalized spacial score (nSPS) is 16.9. The van der Waals surface area contributed by atoms with Crippen LogP contribution in [0.3, 0.4) is 0 Å². The number of carbonyl (C=O) groups is 1. The van der Waals surface area contributed by atoms with E-state index in [1.54, 1.807) is 30.4 Å². The van der Waals surface area contributed by atoms with Gasteiger partial charge in [-0.2, -0.15) is 0 Å². The number of thiophene rings is 1. The van der Waals surface area contributed by atoms with E-state index in [0.717, 1.165) is 24.8 Å². The second-order valence-electron chi connectivity index (χ2n) is 5.44. The third-order valence-electron chi connectivity index (χ3n) is 4.03. The molecule has 1 aromatic carbocycles. The van der Waals surface area contributed by atoms with Crippen LogP contribution in [0.1, 0.15) is 45.2 Å². The molecular formula is C16H16N2O3S. The Hall–Kier alpha value is -2.21. The summed E-state index contributed by atoms with van der Waals surface area (Å²) in [6.45, 7) is 1.72. The van der Waals surface area contributed by atoms with Crippen molar-refractivity contribution in [1.82, 2.24) is 5.32 Å². The molecule has 1 aliphatic carbocycles. The Morgan fingerprint density at radius 1 is 1.41 bits per heavy atom. The number of hydrogen-bond donors (Lipinski definition) is 1. The summed E-state index contributed by atoms with van der Waals surface area (Å²) in [6.07, 6.45) is 2.94. The summed E-state index contributed by atoms with van der Waals surface area (Å²) in [5.41, 5.74) is 1.79. The van der Waals surface area contributed by atoms with Crippen LogP contribution < -0.4 is 5.32 Å². The molecule has 0 bridgehead atoms. The smallest absolute Gasteiger partial charge is 0.282 e. The van der Waals surface area contributed by atoms with Crippen LogP contribution in [0.2, 0.25) is 0 Å². The zero-order valence-corrected chi connectivity index (χ0v) is 13.0. The van der Waals surface area contributed by atoms with Crippen molar-refractivity contribution in [2.75, 3.05) is 0 Å². The van der Waals surface area contributed by atoms with Crippen molar-refractivity contribution in [2.45, 2.75) is 32.2 Å². The van der Waals surface area contributed by atoms with Crippen LogP contribution in [0.4, 0.5) is 5.69 Å². The Balaban J connectivity index is 1.90. The Labute approximate surface area is 132 Å². The standard InChI is InChI=1S/C16H16N2O3S/c1-10-4-2-6-13(18(20)21)15(10)16(19)17-12-5-3-7-14-11(12)8-9-22-14/h2,4,6,8-9,12H,3,5,7H2,1H3,(H,17,19)/t12-/m1/s1. The maximum atomic E-state index is 12.6. The highest BCUT2D eigenvalue weighted by molar-refractivity contribution is 7.10. The van der Waals surface area contributed by atoms with E-state index in [9.17, 15) is 14.9 Å². The monoisotopic (exact) mass is 316 g/mol. The first-order chi connectivity index (χ1) is 10.6. The molecule has 2 aromatic rings. The van der Waals surface area contributed by atoms with Gasteiger partial charge in [-0.15, -0.1) is 11.3 Å². The molecule has 1 aliphatic rings. The highest BCUT2D eigenvalue weighted by Crippen LogP contribution is 2.34. The van der Waals surface area contributed by atoms with E-state index in [0.29, 0.717) is 5.56 Å². The van der Waals surface area contributed by atoms with E-state index < -0.39 is 4.92 Å². The number of rotatable bonds is 3. The number of nitrogens with one attached hydrogen (secondary N) is 1. The van der Waals surface area contributed by atoms with Crippen molar-refractivity contribution < 1.29 is 9.72 Å². The van der Waals surface area contributed by atoms with Crippen molar-refractivity contribution in [3.05, 3.63) is 61.3 Å². The number of carbonyl (C=O) groups excluding carboxylic acids is 1. The van der Waals surface area contributed by atoms with Gasteiger partial charge in [0.15, 0.2) is 0 Å². The van der Waals surface area contributed by atoms with Gasteiger partial charge in [0.05, 0.1) is 11.0 Å². The molecule has 6 heteroatoms. The fourth-order valence-electron chi connectivity index (χ4n) is 2.97. The van der Waals surface area contributed by atoms with Crippen molar-refractivity contribution in [3.8, 4) is 0 Å². The summed E-state index contributed by atoms with van der Waals surface area (Å²) in [4.78, 5) is 24.5. The molecular weight excluding hydrogens is 300 g/mol. The number of fused-ring (bicyclic) bond motifs is 1. The molecule has 0 radical (unpaired) electrons. The van der Waals surface area contributed by atoms with Crippen LogP contribution in [0, 0.1) is 17.0 Å². The van der Waals surface area contributed by atoms with Crippen LogP contribution >= 0.6 is 11.3 Å². The lowest BCUT2D eigenvalue weighted by Crippen LogP contribution is -2.31. The Morgan fingerprint density at radius 2 is 2.23 bits per heavy atom. The molecule has 0 aliphatic heterocycles. The first-order valence-corrected chi connectivity index (χ1v) is 8.07. The van der Waals surface area contributed by atoms with Crippen molar-refractivity contribution in [2.24, 2.45) is 0 Å². The molecule has 1 aromatic heterocycles. The Morgan fingerprint density at radius 3 is 3.00 bits per heavy atom. The van der Waals surface area contributed by atoms with Crippen LogP contribution in [0.25, 0.3) is 0 Å². The van der Waals surface area contributed by atoms with Crippen molar-refractivity contribution in [3.63, 3.8) is 0 Å². The number of nitrogens with zero attached hydrogens (tertiary/aromatic N) is 1. The van der Waals surface area contributed by atoms with Gasteiger partial charge >= 0.3 is 0 Å². The molecule has 1 N–H and O–H groups in total. The van der Waals surface area contributed by atoms with Gasteiger partial charge in [-0.25, -0.2) is 0 Å². The lowest BCUT2D eigenvalue weighted by Gasteiger charge is -2.24. The minimum atomic E-state index is -0.501. The SMILES string of the molecule is Cc1cccc([N+](=O)[O-])c1C(=O)N[C@@H]1CCCc2sccc21. The predicted octanol–water partition coefficient (Wildman–Crippen LogP) is 3.77. The van der Waals surface area contributed by atoms with Crippen LogP contribution in [0.5, 0.6) is 0 Å². The molecule has 0 fully saturated rings. The van der Waals surface area contributed by atoms with Gasteiger partial charge < -0.3 is 5.32 Å². The van der Waals surface area contributed by atoms with Crippen molar-refractivity contribution in [1.29, 1.82) is 0 Å². The average molecular weight is 316 g/mol. The second-order valence-corrected chi connectivity index (χ2v) is 6.44. The maximum absolute atomic E-state index is 12.6. The van der Waals surface area contributed by atoms with E-state index in [2.05, 4.69) is 5.32 Å². The largest absolute Gasteiger partial charge is 0.345 e. The number of amides is 1. The molecule has 0 unspecified atom stereocenters. The highest BCUT2D eigenvalue weighted by atomic mass is 32.1. The van der Waals surface area contributed by atoms with Gasteiger partial charge in [-0.1, -0.05) is 12.1 Å². The summed E-state index contributed by atoms with van der Waals surface area (Å²) in [5.74, 6) is -0.367. The summed E-state index contributed by atoms with van der Waals surface area (Å²) >= 11 is 1.70. The number of hydrogen-bond acceptors (Lipinski definition) is 4. The number of benzene rings is 1. The van der Waals surface area contributed by atoms with Crippen LogP contribution in [-0.4, -0.2) is 10.8 Å². The average Bonchev–Trinajstić information content (AvgIpc) is 2.96. The topological polar surface area (TPSA) is 72.2 Å².